The largest absolute Gasteiger partial charge is 0.455 e. The first-order chi connectivity index (χ1) is 24.4. The number of furan rings is 1. The Balaban J connectivity index is 1.38. The van der Waals surface area contributed by atoms with Crippen LogP contribution in [0, 0.1) is 0 Å². The molecule has 0 aliphatic heterocycles. The lowest BCUT2D eigenvalue weighted by atomic mass is 9.85. The van der Waals surface area contributed by atoms with Crippen LogP contribution in [0.2, 0.25) is 0 Å². The van der Waals surface area contributed by atoms with Gasteiger partial charge in [-0.3, -0.25) is 0 Å². The van der Waals surface area contributed by atoms with Gasteiger partial charge in [-0.2, -0.15) is 0 Å². The molecule has 8 aromatic carbocycles. The summed E-state index contributed by atoms with van der Waals surface area (Å²) in [5.74, 6) is 0. The topological polar surface area (TPSA) is 13.1 Å². The maximum absolute atomic E-state index is 8.89. The summed E-state index contributed by atoms with van der Waals surface area (Å²) in [6.45, 7) is 0. The normalized spacial score (nSPS) is 13.1. The van der Waals surface area contributed by atoms with E-state index in [1.165, 1.54) is 0 Å². The SMILES string of the molecule is [2H]c1c([2H])c([2H])c(-c2c3ccccc3c(-c3cccc4oc5c(-c6ccccc6-c6ccccc6)cccc5c34)c3ccccc23)c([2H])c1[2H]. The van der Waals surface area contributed by atoms with Crippen LogP contribution in [-0.2, 0) is 0 Å². The lowest BCUT2D eigenvalue weighted by Crippen LogP contribution is -1.91. The van der Waals surface area contributed by atoms with E-state index in [1.54, 1.807) is 0 Å². The Bertz CT molecular complexity index is 2730. The number of benzene rings is 8. The molecule has 0 atom stereocenters. The molecule has 1 heterocycles. The molecule has 1 heteroatoms. The molecule has 0 saturated carbocycles. The second-order valence-electron chi connectivity index (χ2n) is 11.2. The average molecular weight is 578 g/mol. The summed E-state index contributed by atoms with van der Waals surface area (Å²) in [7, 11) is 0. The summed E-state index contributed by atoms with van der Waals surface area (Å²) in [4.78, 5) is 0. The summed E-state index contributed by atoms with van der Waals surface area (Å²) in [6.07, 6.45) is 0. The first kappa shape index (κ1) is 20.9. The summed E-state index contributed by atoms with van der Waals surface area (Å²) in [6, 6.07) is 45.6. The number of para-hydroxylation sites is 1. The van der Waals surface area contributed by atoms with Gasteiger partial charge in [-0.1, -0.05) is 164 Å². The van der Waals surface area contributed by atoms with Crippen LogP contribution >= 0.6 is 0 Å². The van der Waals surface area contributed by atoms with Crippen LogP contribution in [-0.4, -0.2) is 0 Å². The Hall–Kier alpha value is -5.92. The summed E-state index contributed by atoms with van der Waals surface area (Å²) in [5.41, 5.74) is 8.75. The van der Waals surface area contributed by atoms with Crippen molar-refractivity contribution in [2.24, 2.45) is 0 Å². The second kappa shape index (κ2) is 10.4. The van der Waals surface area contributed by atoms with Crippen molar-refractivity contribution >= 4 is 43.5 Å². The van der Waals surface area contributed by atoms with E-state index in [1.807, 2.05) is 54.6 Å². The van der Waals surface area contributed by atoms with Crippen LogP contribution in [0.5, 0.6) is 0 Å². The third-order valence-corrected chi connectivity index (χ3v) is 8.78. The standard InChI is InChI=1S/C44H28O/c1-3-15-29(16-4-1)31-19-7-8-20-32(31)37-25-13-27-39-43-38(26-14-28-40(43)45-44(37)39)42-35-23-11-9-21-33(35)41(30-17-5-2-6-18-30)34-22-10-12-24-36(34)42/h1-28H/i2D,5D,6D,17D,18D. The predicted octanol–water partition coefficient (Wildman–Crippen LogP) is 12.6. The molecular formula is C44H28O. The zero-order valence-corrected chi connectivity index (χ0v) is 24.2. The first-order valence-corrected chi connectivity index (χ1v) is 15.0. The van der Waals surface area contributed by atoms with E-state index < -0.39 is 6.04 Å². The minimum absolute atomic E-state index is 0.198. The third-order valence-electron chi connectivity index (χ3n) is 8.78. The Morgan fingerprint density at radius 2 is 0.911 bits per heavy atom. The molecule has 0 fully saturated rings. The van der Waals surface area contributed by atoms with Crippen molar-refractivity contribution in [2.75, 3.05) is 0 Å². The van der Waals surface area contributed by atoms with Gasteiger partial charge in [-0.05, 0) is 66.6 Å². The highest BCUT2D eigenvalue weighted by atomic mass is 16.3. The third kappa shape index (κ3) is 4.02. The fourth-order valence-corrected chi connectivity index (χ4v) is 6.92. The second-order valence-corrected chi connectivity index (χ2v) is 11.2. The van der Waals surface area contributed by atoms with Gasteiger partial charge in [0.15, 0.2) is 0 Å². The molecule has 0 radical (unpaired) electrons. The maximum atomic E-state index is 8.89. The molecule has 45 heavy (non-hydrogen) atoms. The van der Waals surface area contributed by atoms with Crippen molar-refractivity contribution in [3.05, 3.63) is 170 Å². The molecular weight excluding hydrogens is 544 g/mol. The summed E-state index contributed by atoms with van der Waals surface area (Å²) in [5, 5.41) is 5.44. The molecule has 9 rings (SSSR count). The average Bonchev–Trinajstić information content (AvgIpc) is 3.56. The Kier molecular flexibility index (Phi) is 4.81. The van der Waals surface area contributed by atoms with Gasteiger partial charge in [0.05, 0.1) is 6.85 Å². The molecule has 0 aliphatic carbocycles. The zero-order valence-electron chi connectivity index (χ0n) is 29.2. The van der Waals surface area contributed by atoms with E-state index in [0.717, 1.165) is 76.9 Å². The molecule has 1 nitrogen and oxygen atoms in total. The number of fused-ring (bicyclic) bond motifs is 5. The van der Waals surface area contributed by atoms with Crippen molar-refractivity contribution < 1.29 is 11.3 Å². The molecule has 0 amide bonds. The quantitative estimate of drug-likeness (QED) is 0.190. The summed E-state index contributed by atoms with van der Waals surface area (Å²) >= 11 is 0. The van der Waals surface area contributed by atoms with E-state index in [9.17, 15) is 0 Å². The van der Waals surface area contributed by atoms with Gasteiger partial charge in [0.2, 0.25) is 0 Å². The van der Waals surface area contributed by atoms with Crippen molar-refractivity contribution in [1.29, 1.82) is 0 Å². The molecule has 0 unspecified atom stereocenters. The van der Waals surface area contributed by atoms with Crippen LogP contribution in [0.15, 0.2) is 174 Å². The van der Waals surface area contributed by atoms with Crippen molar-refractivity contribution in [1.82, 2.24) is 0 Å². The predicted molar refractivity (Wildman–Crippen MR) is 190 cm³/mol. The Morgan fingerprint density at radius 3 is 1.62 bits per heavy atom. The van der Waals surface area contributed by atoms with E-state index in [4.69, 9.17) is 11.3 Å². The molecule has 210 valence electrons. The van der Waals surface area contributed by atoms with Crippen molar-refractivity contribution in [2.45, 2.75) is 0 Å². The van der Waals surface area contributed by atoms with Gasteiger partial charge < -0.3 is 4.42 Å². The van der Waals surface area contributed by atoms with Gasteiger partial charge in [-0.15, -0.1) is 0 Å². The minimum atomic E-state index is -0.404. The smallest absolute Gasteiger partial charge is 0.143 e. The highest BCUT2D eigenvalue weighted by Gasteiger charge is 2.21. The van der Waals surface area contributed by atoms with E-state index in [-0.39, 0.29) is 29.7 Å². The van der Waals surface area contributed by atoms with E-state index in [0.29, 0.717) is 5.56 Å². The molecule has 0 aliphatic rings. The fourth-order valence-electron chi connectivity index (χ4n) is 6.92. The van der Waals surface area contributed by atoms with Crippen molar-refractivity contribution in [3.8, 4) is 44.5 Å². The minimum Gasteiger partial charge on any atom is -0.455 e. The van der Waals surface area contributed by atoms with Gasteiger partial charge in [0.1, 0.15) is 11.2 Å². The Labute approximate surface area is 268 Å². The van der Waals surface area contributed by atoms with Crippen LogP contribution in [0.1, 0.15) is 6.85 Å². The molecule has 1 aromatic heterocycles. The first-order valence-electron chi connectivity index (χ1n) is 17.5. The van der Waals surface area contributed by atoms with Gasteiger partial charge in [0.25, 0.3) is 0 Å². The zero-order chi connectivity index (χ0) is 34.1. The molecule has 0 N–H and O–H groups in total. The highest BCUT2D eigenvalue weighted by Crippen LogP contribution is 2.48. The molecule has 0 bridgehead atoms. The molecule has 0 saturated heterocycles. The van der Waals surface area contributed by atoms with Gasteiger partial charge in [-0.25, -0.2) is 0 Å². The molecule has 9 aromatic rings. The fraction of sp³-hybridized carbons (Fsp3) is 0. The van der Waals surface area contributed by atoms with Crippen LogP contribution in [0.3, 0.4) is 0 Å². The lowest BCUT2D eigenvalue weighted by molar-refractivity contribution is 0.670. The van der Waals surface area contributed by atoms with Gasteiger partial charge >= 0.3 is 0 Å². The van der Waals surface area contributed by atoms with E-state index >= 15 is 0 Å². The highest BCUT2D eigenvalue weighted by molar-refractivity contribution is 6.26. The summed E-state index contributed by atoms with van der Waals surface area (Å²) < 4.78 is 49.7. The monoisotopic (exact) mass is 577 g/mol. The number of rotatable bonds is 4. The Morgan fingerprint density at radius 1 is 0.378 bits per heavy atom. The van der Waals surface area contributed by atoms with Gasteiger partial charge in [0, 0.05) is 16.3 Å². The van der Waals surface area contributed by atoms with E-state index in [2.05, 4.69) is 84.9 Å². The molecule has 0 spiro atoms. The number of hydrogen-bond acceptors (Lipinski definition) is 1. The van der Waals surface area contributed by atoms with Crippen LogP contribution < -0.4 is 0 Å². The maximum Gasteiger partial charge on any atom is 0.143 e. The van der Waals surface area contributed by atoms with Crippen LogP contribution in [0.25, 0.3) is 88.0 Å². The number of hydrogen-bond donors (Lipinski definition) is 0. The van der Waals surface area contributed by atoms with Crippen LogP contribution in [0.4, 0.5) is 0 Å². The van der Waals surface area contributed by atoms with Crippen molar-refractivity contribution in [3.63, 3.8) is 0 Å². The lowest BCUT2D eigenvalue weighted by Gasteiger charge is -2.18.